The number of benzene rings is 1. The molecule has 6 heteroatoms. The molecule has 0 aliphatic rings. The maximum Gasteiger partial charge on any atom is 0.447 e. The number of anilines is 1. The van der Waals surface area contributed by atoms with Crippen LogP contribution in [0.3, 0.4) is 0 Å². The predicted octanol–water partition coefficient (Wildman–Crippen LogP) is 5.89. The molecule has 0 spiro atoms. The Bertz CT molecular complexity index is 1010. The van der Waals surface area contributed by atoms with Crippen LogP contribution >= 0.6 is 11.8 Å². The Labute approximate surface area is 160 Å². The van der Waals surface area contributed by atoms with E-state index in [0.29, 0.717) is 17.6 Å². The van der Waals surface area contributed by atoms with Gasteiger partial charge in [-0.15, -0.1) is 0 Å². The summed E-state index contributed by atoms with van der Waals surface area (Å²) in [5.41, 5.74) is 0.0941. The Morgan fingerprint density at radius 2 is 1.96 bits per heavy atom. The third-order valence-electron chi connectivity index (χ3n) is 4.08. The molecule has 27 heavy (non-hydrogen) atoms. The van der Waals surface area contributed by atoms with E-state index in [9.17, 15) is 13.2 Å². The summed E-state index contributed by atoms with van der Waals surface area (Å²) in [4.78, 5) is 0. The number of nitrogens with zero attached hydrogens (tertiary/aromatic N) is 1. The van der Waals surface area contributed by atoms with Gasteiger partial charge in [0.05, 0.1) is 12.1 Å². The van der Waals surface area contributed by atoms with E-state index >= 15 is 0 Å². The summed E-state index contributed by atoms with van der Waals surface area (Å²) in [6, 6.07) is 13.1. The van der Waals surface area contributed by atoms with Crippen LogP contribution in [0.2, 0.25) is 0 Å². The topological polar surface area (TPSA) is 16.4 Å². The van der Waals surface area contributed by atoms with E-state index in [1.54, 1.807) is 30.5 Å². The number of aromatic nitrogens is 1. The summed E-state index contributed by atoms with van der Waals surface area (Å²) in [5, 5.41) is 3.35. The summed E-state index contributed by atoms with van der Waals surface area (Å²) < 4.78 is 40.3. The van der Waals surface area contributed by atoms with E-state index in [0.717, 1.165) is 12.1 Å². The average molecular weight is 388 g/mol. The zero-order valence-electron chi connectivity index (χ0n) is 15.0. The summed E-state index contributed by atoms with van der Waals surface area (Å²) in [6.07, 6.45) is 2.52. The summed E-state index contributed by atoms with van der Waals surface area (Å²) in [5.74, 6) is 5.84. The molecule has 3 rings (SSSR count). The first-order valence-corrected chi connectivity index (χ1v) is 9.37. The average Bonchev–Trinajstić information content (AvgIpc) is 2.95. The molecule has 2 aromatic heterocycles. The molecule has 1 N–H and O–H groups in total. The van der Waals surface area contributed by atoms with E-state index in [-0.39, 0.29) is 16.8 Å². The second kappa shape index (κ2) is 8.01. The number of fused-ring (bicyclic) bond motifs is 1. The third kappa shape index (κ3) is 4.81. The Morgan fingerprint density at radius 1 is 1.15 bits per heavy atom. The molecule has 0 fully saturated rings. The molecule has 0 bridgehead atoms. The first-order valence-electron chi connectivity index (χ1n) is 8.55. The third-order valence-corrected chi connectivity index (χ3v) is 4.92. The molecule has 3 aromatic rings. The summed E-state index contributed by atoms with van der Waals surface area (Å²) in [6.45, 7) is 4.48. The van der Waals surface area contributed by atoms with Crippen LogP contribution < -0.4 is 5.32 Å². The minimum atomic E-state index is -4.36. The molecular weight excluding hydrogens is 369 g/mol. The van der Waals surface area contributed by atoms with Gasteiger partial charge in [-0.05, 0) is 43.2 Å². The molecular formula is C21H19F3N2S. The largest absolute Gasteiger partial charge is 0.447 e. The molecule has 0 aliphatic heterocycles. The number of rotatable bonds is 4. The molecule has 140 valence electrons. The van der Waals surface area contributed by atoms with Crippen molar-refractivity contribution in [2.45, 2.75) is 30.8 Å². The number of pyridine rings is 1. The van der Waals surface area contributed by atoms with Crippen LogP contribution in [0.5, 0.6) is 0 Å². The van der Waals surface area contributed by atoms with Gasteiger partial charge in [0.25, 0.3) is 0 Å². The molecule has 2 nitrogen and oxygen atoms in total. The highest BCUT2D eigenvalue weighted by Crippen LogP contribution is 2.39. The lowest BCUT2D eigenvalue weighted by Gasteiger charge is -2.09. The fourth-order valence-electron chi connectivity index (χ4n) is 2.87. The molecule has 0 amide bonds. The van der Waals surface area contributed by atoms with Crippen molar-refractivity contribution < 1.29 is 13.2 Å². The fraction of sp³-hybridized carbons (Fsp3) is 0.238. The fourth-order valence-corrected chi connectivity index (χ4v) is 3.57. The number of nitrogens with one attached hydrogen (secondary N) is 1. The van der Waals surface area contributed by atoms with Crippen LogP contribution in [-0.2, 0) is 6.42 Å². The van der Waals surface area contributed by atoms with Gasteiger partial charge in [0, 0.05) is 29.2 Å². The van der Waals surface area contributed by atoms with E-state index in [2.05, 4.69) is 30.1 Å². The maximum absolute atomic E-state index is 12.9. The first kappa shape index (κ1) is 19.2. The highest BCUT2D eigenvalue weighted by molar-refractivity contribution is 8.00. The number of halogens is 3. The Balaban J connectivity index is 1.82. The second-order valence-electron chi connectivity index (χ2n) is 6.08. The van der Waals surface area contributed by atoms with Crippen molar-refractivity contribution in [2.75, 3.05) is 11.9 Å². The second-order valence-corrected chi connectivity index (χ2v) is 7.13. The Morgan fingerprint density at radius 3 is 2.70 bits per heavy atom. The number of hydrogen-bond donors (Lipinski definition) is 1. The monoisotopic (exact) mass is 388 g/mol. The first-order chi connectivity index (χ1) is 12.9. The zero-order valence-corrected chi connectivity index (χ0v) is 15.8. The predicted molar refractivity (Wildman–Crippen MR) is 105 cm³/mol. The van der Waals surface area contributed by atoms with Gasteiger partial charge < -0.3 is 9.72 Å². The van der Waals surface area contributed by atoms with E-state index in [4.69, 9.17) is 0 Å². The number of thioether (sulfide) groups is 1. The van der Waals surface area contributed by atoms with Gasteiger partial charge in [0.15, 0.2) is 0 Å². The van der Waals surface area contributed by atoms with Gasteiger partial charge in [-0.25, -0.2) is 0 Å². The van der Waals surface area contributed by atoms with Crippen LogP contribution in [0.4, 0.5) is 18.9 Å². The zero-order chi connectivity index (χ0) is 19.4. The van der Waals surface area contributed by atoms with Crippen molar-refractivity contribution in [2.24, 2.45) is 0 Å². The lowest BCUT2D eigenvalue weighted by Crippen LogP contribution is -2.03. The number of hydrogen-bond acceptors (Lipinski definition) is 2. The van der Waals surface area contributed by atoms with Crippen LogP contribution in [-0.4, -0.2) is 16.5 Å². The van der Waals surface area contributed by atoms with Crippen LogP contribution in [0, 0.1) is 18.8 Å². The summed E-state index contributed by atoms with van der Waals surface area (Å²) >= 11 is -0.134. The van der Waals surface area contributed by atoms with Crippen molar-refractivity contribution in [3.63, 3.8) is 0 Å². The lowest BCUT2D eigenvalue weighted by atomic mass is 10.1. The van der Waals surface area contributed by atoms with Crippen molar-refractivity contribution >= 4 is 23.0 Å². The molecule has 0 radical (unpaired) electrons. The Hall–Kier alpha value is -2.52. The van der Waals surface area contributed by atoms with Crippen molar-refractivity contribution in [1.29, 1.82) is 0 Å². The molecule has 0 saturated carbocycles. The quantitative estimate of drug-likeness (QED) is 0.443. The molecule has 2 heterocycles. The van der Waals surface area contributed by atoms with Gasteiger partial charge in [-0.1, -0.05) is 42.5 Å². The van der Waals surface area contributed by atoms with Gasteiger partial charge in [-0.2, -0.15) is 13.2 Å². The molecule has 0 atom stereocenters. The van der Waals surface area contributed by atoms with Crippen LogP contribution in [0.15, 0.2) is 53.7 Å². The number of alkyl halides is 3. The maximum atomic E-state index is 12.9. The van der Waals surface area contributed by atoms with Crippen molar-refractivity contribution in [1.82, 2.24) is 4.40 Å². The minimum Gasteiger partial charge on any atom is -0.374 e. The van der Waals surface area contributed by atoms with Gasteiger partial charge >= 0.3 is 5.51 Å². The minimum absolute atomic E-state index is 0.0928. The standard InChI is InChI=1S/C21H19F3N2S/c1-3-16-13-15(2)9-10-19(16)25-11-6-7-17-14-18-8-4-5-12-26(18)20(17)27-21(22,23)24/h4-5,8-10,12-14,25H,3,11H2,1-2H3. The van der Waals surface area contributed by atoms with Gasteiger partial charge in [-0.3, -0.25) is 0 Å². The molecule has 0 saturated heterocycles. The Kier molecular flexibility index (Phi) is 5.71. The highest BCUT2D eigenvalue weighted by Gasteiger charge is 2.32. The summed E-state index contributed by atoms with van der Waals surface area (Å²) in [7, 11) is 0. The molecule has 0 aliphatic carbocycles. The van der Waals surface area contributed by atoms with E-state index in [1.165, 1.54) is 15.5 Å². The molecule has 0 unspecified atom stereocenters. The highest BCUT2D eigenvalue weighted by atomic mass is 32.2. The molecule has 1 aromatic carbocycles. The normalized spacial score (nSPS) is 11.3. The van der Waals surface area contributed by atoms with Gasteiger partial charge in [0.1, 0.15) is 5.03 Å². The SMILES string of the molecule is CCc1cc(C)ccc1NCC#Cc1cc2ccccn2c1SC(F)(F)F. The van der Waals surface area contributed by atoms with E-state index in [1.807, 2.05) is 19.1 Å². The van der Waals surface area contributed by atoms with Crippen LogP contribution in [0.25, 0.3) is 5.52 Å². The smallest absolute Gasteiger partial charge is 0.374 e. The van der Waals surface area contributed by atoms with Crippen molar-refractivity contribution in [3.05, 3.63) is 65.4 Å². The van der Waals surface area contributed by atoms with Gasteiger partial charge in [0.2, 0.25) is 0 Å². The number of aryl methyl sites for hydroxylation is 2. The van der Waals surface area contributed by atoms with E-state index < -0.39 is 5.51 Å². The van der Waals surface area contributed by atoms with Crippen LogP contribution in [0.1, 0.15) is 23.6 Å². The van der Waals surface area contributed by atoms with Crippen molar-refractivity contribution in [3.8, 4) is 11.8 Å². The lowest BCUT2D eigenvalue weighted by molar-refractivity contribution is -0.0329.